The molecule has 0 aliphatic carbocycles. The molecule has 0 heterocycles. The SMILES string of the molecule is CCCCCCCOCOCC=CCC=O. The van der Waals surface area contributed by atoms with Crippen molar-refractivity contribution in [3.05, 3.63) is 12.2 Å². The lowest BCUT2D eigenvalue weighted by atomic mass is 10.2. The van der Waals surface area contributed by atoms with Crippen LogP contribution in [0.5, 0.6) is 0 Å². The largest absolute Gasteiger partial charge is 0.355 e. The number of carbonyl (C=O) groups excluding carboxylic acids is 1. The standard InChI is InChI=1S/C13H24O3/c1-2-3-4-5-8-11-15-13-16-12-9-6-7-10-14/h6,9-10H,2-5,7-8,11-13H2,1H3. The number of ether oxygens (including phenoxy) is 2. The van der Waals surface area contributed by atoms with Crippen LogP contribution in [-0.2, 0) is 14.3 Å². The van der Waals surface area contributed by atoms with Gasteiger partial charge in [0.1, 0.15) is 13.1 Å². The van der Waals surface area contributed by atoms with Crippen molar-refractivity contribution in [2.45, 2.75) is 45.4 Å². The van der Waals surface area contributed by atoms with E-state index in [0.29, 0.717) is 19.8 Å². The van der Waals surface area contributed by atoms with Gasteiger partial charge in [-0.1, -0.05) is 44.8 Å². The van der Waals surface area contributed by atoms with Crippen molar-refractivity contribution in [3.8, 4) is 0 Å². The van der Waals surface area contributed by atoms with Gasteiger partial charge in [-0.15, -0.1) is 0 Å². The quantitative estimate of drug-likeness (QED) is 0.223. The Hall–Kier alpha value is -0.670. The molecule has 3 heteroatoms. The second-order valence-electron chi connectivity index (χ2n) is 3.68. The van der Waals surface area contributed by atoms with Crippen molar-refractivity contribution in [2.24, 2.45) is 0 Å². The van der Waals surface area contributed by atoms with E-state index >= 15 is 0 Å². The van der Waals surface area contributed by atoms with Gasteiger partial charge in [0.15, 0.2) is 0 Å². The first-order chi connectivity index (χ1) is 7.91. The first kappa shape index (κ1) is 15.3. The maximum atomic E-state index is 9.97. The Bertz CT molecular complexity index is 167. The average Bonchev–Trinajstić information content (AvgIpc) is 2.31. The van der Waals surface area contributed by atoms with E-state index in [1.165, 1.54) is 25.7 Å². The van der Waals surface area contributed by atoms with Gasteiger partial charge in [0, 0.05) is 13.0 Å². The van der Waals surface area contributed by atoms with E-state index in [0.717, 1.165) is 19.3 Å². The Labute approximate surface area is 98.8 Å². The molecule has 0 unspecified atom stereocenters. The highest BCUT2D eigenvalue weighted by Crippen LogP contribution is 2.02. The first-order valence-electron chi connectivity index (χ1n) is 6.16. The van der Waals surface area contributed by atoms with Gasteiger partial charge in [-0.05, 0) is 6.42 Å². The van der Waals surface area contributed by atoms with E-state index in [1.807, 2.05) is 6.08 Å². The topological polar surface area (TPSA) is 35.5 Å². The summed E-state index contributed by atoms with van der Waals surface area (Å²) < 4.78 is 10.5. The molecule has 0 spiro atoms. The molecule has 16 heavy (non-hydrogen) atoms. The number of rotatable bonds is 12. The lowest BCUT2D eigenvalue weighted by molar-refractivity contribution is -0.107. The van der Waals surface area contributed by atoms with Crippen LogP contribution >= 0.6 is 0 Å². The van der Waals surface area contributed by atoms with Gasteiger partial charge in [0.25, 0.3) is 0 Å². The minimum atomic E-state index is 0.346. The molecule has 0 fully saturated rings. The van der Waals surface area contributed by atoms with Crippen LogP contribution in [0.3, 0.4) is 0 Å². The predicted octanol–water partition coefficient (Wildman–Crippen LogP) is 3.09. The molecule has 0 aliphatic heterocycles. The summed E-state index contributed by atoms with van der Waals surface area (Å²) >= 11 is 0. The fourth-order valence-electron chi connectivity index (χ4n) is 1.26. The highest BCUT2D eigenvalue weighted by molar-refractivity contribution is 5.51. The zero-order valence-corrected chi connectivity index (χ0v) is 10.3. The predicted molar refractivity (Wildman–Crippen MR) is 65.4 cm³/mol. The van der Waals surface area contributed by atoms with Crippen molar-refractivity contribution < 1.29 is 14.3 Å². The summed E-state index contributed by atoms with van der Waals surface area (Å²) in [6.07, 6.45) is 11.2. The number of allylic oxidation sites excluding steroid dienone is 1. The number of hydrogen-bond donors (Lipinski definition) is 0. The Morgan fingerprint density at radius 1 is 1.00 bits per heavy atom. The van der Waals surface area contributed by atoms with Crippen LogP contribution < -0.4 is 0 Å². The maximum absolute atomic E-state index is 9.97. The first-order valence-corrected chi connectivity index (χ1v) is 6.16. The van der Waals surface area contributed by atoms with Crippen molar-refractivity contribution in [2.75, 3.05) is 20.0 Å². The van der Waals surface area contributed by atoms with Gasteiger partial charge >= 0.3 is 0 Å². The summed E-state index contributed by atoms with van der Waals surface area (Å²) in [5.41, 5.74) is 0. The van der Waals surface area contributed by atoms with Gasteiger partial charge in [0.05, 0.1) is 6.61 Å². The summed E-state index contributed by atoms with van der Waals surface area (Å²) in [5.74, 6) is 0. The van der Waals surface area contributed by atoms with Gasteiger partial charge in [-0.25, -0.2) is 0 Å². The lowest BCUT2D eigenvalue weighted by Gasteiger charge is -2.03. The molecule has 0 radical (unpaired) electrons. The molecule has 0 bridgehead atoms. The van der Waals surface area contributed by atoms with E-state index in [-0.39, 0.29) is 0 Å². The van der Waals surface area contributed by atoms with Gasteiger partial charge in [0.2, 0.25) is 0 Å². The lowest BCUT2D eigenvalue weighted by Crippen LogP contribution is -2.01. The summed E-state index contributed by atoms with van der Waals surface area (Å²) in [5, 5.41) is 0. The normalized spacial score (nSPS) is 11.1. The smallest absolute Gasteiger partial charge is 0.147 e. The number of hydrogen-bond acceptors (Lipinski definition) is 3. The minimum Gasteiger partial charge on any atom is -0.355 e. The molecule has 0 aliphatic rings. The van der Waals surface area contributed by atoms with Crippen LogP contribution in [0.2, 0.25) is 0 Å². The van der Waals surface area contributed by atoms with Gasteiger partial charge < -0.3 is 14.3 Å². The molecule has 0 saturated carbocycles. The van der Waals surface area contributed by atoms with Crippen molar-refractivity contribution >= 4 is 6.29 Å². The molecule has 0 N–H and O–H groups in total. The average molecular weight is 228 g/mol. The van der Waals surface area contributed by atoms with Gasteiger partial charge in [-0.3, -0.25) is 0 Å². The molecule has 0 aromatic heterocycles. The number of aldehydes is 1. The second-order valence-corrected chi connectivity index (χ2v) is 3.68. The third-order valence-corrected chi connectivity index (χ3v) is 2.17. The number of carbonyl (C=O) groups is 1. The Kier molecular flexibility index (Phi) is 13.7. The van der Waals surface area contributed by atoms with Crippen molar-refractivity contribution in [1.82, 2.24) is 0 Å². The maximum Gasteiger partial charge on any atom is 0.147 e. The minimum absolute atomic E-state index is 0.346. The van der Waals surface area contributed by atoms with Gasteiger partial charge in [-0.2, -0.15) is 0 Å². The zero-order chi connectivity index (χ0) is 11.9. The zero-order valence-electron chi connectivity index (χ0n) is 10.3. The molecule has 0 rings (SSSR count). The molecule has 0 atom stereocenters. The van der Waals surface area contributed by atoms with Crippen LogP contribution in [0.15, 0.2) is 12.2 Å². The Morgan fingerprint density at radius 2 is 1.81 bits per heavy atom. The van der Waals surface area contributed by atoms with E-state index < -0.39 is 0 Å². The molecule has 0 aromatic rings. The molecular weight excluding hydrogens is 204 g/mol. The molecule has 0 saturated heterocycles. The Balaban J connectivity index is 2.95. The molecule has 3 nitrogen and oxygen atoms in total. The van der Waals surface area contributed by atoms with E-state index in [9.17, 15) is 4.79 Å². The van der Waals surface area contributed by atoms with Crippen LogP contribution in [0.4, 0.5) is 0 Å². The highest BCUT2D eigenvalue weighted by Gasteiger charge is 1.89. The van der Waals surface area contributed by atoms with E-state index in [4.69, 9.17) is 9.47 Å². The summed E-state index contributed by atoms with van der Waals surface area (Å²) in [6.45, 7) is 3.85. The molecule has 0 aromatic carbocycles. The molecule has 0 amide bonds. The van der Waals surface area contributed by atoms with Crippen molar-refractivity contribution in [3.63, 3.8) is 0 Å². The fourth-order valence-corrected chi connectivity index (χ4v) is 1.26. The fraction of sp³-hybridized carbons (Fsp3) is 0.769. The van der Waals surface area contributed by atoms with E-state index in [1.54, 1.807) is 6.08 Å². The summed E-state index contributed by atoms with van der Waals surface area (Å²) in [4.78, 5) is 9.97. The monoisotopic (exact) mass is 228 g/mol. The Morgan fingerprint density at radius 3 is 2.56 bits per heavy atom. The summed E-state index contributed by atoms with van der Waals surface area (Å²) in [6, 6.07) is 0. The highest BCUT2D eigenvalue weighted by atomic mass is 16.7. The van der Waals surface area contributed by atoms with E-state index in [2.05, 4.69) is 6.92 Å². The third-order valence-electron chi connectivity index (χ3n) is 2.17. The third kappa shape index (κ3) is 13.3. The second kappa shape index (κ2) is 14.3. The van der Waals surface area contributed by atoms with Crippen LogP contribution in [0.25, 0.3) is 0 Å². The molecule has 94 valence electrons. The van der Waals surface area contributed by atoms with Crippen LogP contribution in [-0.4, -0.2) is 26.3 Å². The molecular formula is C13H24O3. The number of unbranched alkanes of at least 4 members (excludes halogenated alkanes) is 4. The van der Waals surface area contributed by atoms with Crippen LogP contribution in [0, 0.1) is 0 Å². The van der Waals surface area contributed by atoms with Crippen molar-refractivity contribution in [1.29, 1.82) is 0 Å². The summed E-state index contributed by atoms with van der Waals surface area (Å²) in [7, 11) is 0. The van der Waals surface area contributed by atoms with Crippen LogP contribution in [0.1, 0.15) is 45.4 Å².